The zero-order chi connectivity index (χ0) is 28.1. The van der Waals surface area contributed by atoms with Crippen LogP contribution in [-0.4, -0.2) is 46.7 Å². The van der Waals surface area contributed by atoms with E-state index in [0.717, 1.165) is 23.3 Å². The Morgan fingerprint density at radius 1 is 0.846 bits per heavy atom. The first-order chi connectivity index (χ1) is 18.3. The number of likely N-dealkylation sites (tertiary alicyclic amines) is 1. The fourth-order valence-corrected chi connectivity index (χ4v) is 5.64. The van der Waals surface area contributed by atoms with Gasteiger partial charge in [0.15, 0.2) is 0 Å². The summed E-state index contributed by atoms with van der Waals surface area (Å²) in [5.74, 6) is -0.996. The van der Waals surface area contributed by atoms with Gasteiger partial charge in [0, 0.05) is 25.1 Å². The van der Waals surface area contributed by atoms with Crippen molar-refractivity contribution in [2.24, 2.45) is 0 Å². The van der Waals surface area contributed by atoms with Crippen LogP contribution in [0.5, 0.6) is 0 Å². The van der Waals surface area contributed by atoms with E-state index in [1.165, 1.54) is 4.90 Å². The van der Waals surface area contributed by atoms with Gasteiger partial charge in [-0.25, -0.2) is 0 Å². The number of carbonyl (C=O) groups excluding carboxylic acids is 3. The fraction of sp³-hybridized carbons (Fsp3) is 0.444. The zero-order valence-electron chi connectivity index (χ0n) is 20.7. The van der Waals surface area contributed by atoms with Gasteiger partial charge in [-0.1, -0.05) is 12.1 Å². The van der Waals surface area contributed by atoms with E-state index in [4.69, 9.17) is 0 Å². The second-order valence-electron chi connectivity index (χ2n) is 10.3. The number of nitrogens with one attached hydrogen (secondary N) is 1. The molecule has 0 aromatic heterocycles. The number of imide groups is 1. The molecular weight excluding hydrogens is 528 g/mol. The summed E-state index contributed by atoms with van der Waals surface area (Å²) in [6.45, 7) is 1.20. The number of rotatable bonds is 4. The lowest BCUT2D eigenvalue weighted by Crippen LogP contribution is -2.52. The highest BCUT2D eigenvalue weighted by Gasteiger charge is 2.40. The fourth-order valence-electron chi connectivity index (χ4n) is 5.64. The lowest BCUT2D eigenvalue weighted by Gasteiger charge is -2.32. The predicted octanol–water partition coefficient (Wildman–Crippen LogP) is 4.86. The van der Waals surface area contributed by atoms with E-state index in [9.17, 15) is 40.7 Å². The molecule has 3 aliphatic rings. The Kier molecular flexibility index (Phi) is 6.94. The van der Waals surface area contributed by atoms with Crippen LogP contribution in [-0.2, 0) is 35.0 Å². The van der Waals surface area contributed by atoms with E-state index in [1.807, 2.05) is 17.0 Å². The van der Waals surface area contributed by atoms with Crippen LogP contribution in [0.1, 0.15) is 69.8 Å². The number of nitrogens with zero attached hydrogens (tertiary/aromatic N) is 2. The van der Waals surface area contributed by atoms with Crippen LogP contribution >= 0.6 is 0 Å². The number of amides is 3. The summed E-state index contributed by atoms with van der Waals surface area (Å²) in [5, 5.41) is 2.27. The highest BCUT2D eigenvalue weighted by molar-refractivity contribution is 6.05. The summed E-state index contributed by atoms with van der Waals surface area (Å²) in [6.07, 6.45) is -8.04. The molecule has 2 saturated heterocycles. The van der Waals surface area contributed by atoms with E-state index < -0.39 is 35.4 Å². The third-order valence-corrected chi connectivity index (χ3v) is 7.66. The van der Waals surface area contributed by atoms with Crippen molar-refractivity contribution in [2.45, 2.75) is 63.1 Å². The predicted molar refractivity (Wildman–Crippen MR) is 126 cm³/mol. The van der Waals surface area contributed by atoms with Gasteiger partial charge in [-0.15, -0.1) is 0 Å². The van der Waals surface area contributed by atoms with Crippen molar-refractivity contribution in [1.82, 2.24) is 15.1 Å². The van der Waals surface area contributed by atoms with Gasteiger partial charge in [-0.3, -0.25) is 24.6 Å². The Hall–Kier alpha value is -3.41. The second-order valence-corrected chi connectivity index (χ2v) is 10.3. The first kappa shape index (κ1) is 27.2. The molecule has 0 aliphatic carbocycles. The molecular formula is C27H25F6N3O3. The van der Waals surface area contributed by atoms with E-state index >= 15 is 0 Å². The maximum atomic E-state index is 13.2. The first-order valence-corrected chi connectivity index (χ1v) is 12.6. The molecule has 0 saturated carbocycles. The molecule has 2 fully saturated rings. The Morgan fingerprint density at radius 3 is 2.08 bits per heavy atom. The molecule has 3 amide bonds. The Bertz CT molecular complexity index is 1280. The molecule has 208 valence electrons. The number of halogens is 6. The summed E-state index contributed by atoms with van der Waals surface area (Å²) < 4.78 is 79.2. The van der Waals surface area contributed by atoms with Crippen LogP contribution in [0.2, 0.25) is 0 Å². The van der Waals surface area contributed by atoms with Crippen molar-refractivity contribution < 1.29 is 40.7 Å². The average molecular weight is 554 g/mol. The smallest absolute Gasteiger partial charge is 0.322 e. The number of benzene rings is 2. The summed E-state index contributed by atoms with van der Waals surface area (Å²) in [7, 11) is 0. The lowest BCUT2D eigenvalue weighted by atomic mass is 9.87. The minimum Gasteiger partial charge on any atom is -0.322 e. The molecule has 3 heterocycles. The number of alkyl halides is 6. The Morgan fingerprint density at radius 2 is 1.49 bits per heavy atom. The molecule has 39 heavy (non-hydrogen) atoms. The van der Waals surface area contributed by atoms with Crippen LogP contribution in [0.4, 0.5) is 26.3 Å². The maximum absolute atomic E-state index is 13.2. The number of carbonyl (C=O) groups is 3. The van der Waals surface area contributed by atoms with Gasteiger partial charge in [0.25, 0.3) is 5.91 Å². The summed E-state index contributed by atoms with van der Waals surface area (Å²) >= 11 is 0. The number of hydrogen-bond acceptors (Lipinski definition) is 4. The third kappa shape index (κ3) is 5.66. The normalized spacial score (nSPS) is 21.3. The van der Waals surface area contributed by atoms with Crippen molar-refractivity contribution in [1.29, 1.82) is 0 Å². The van der Waals surface area contributed by atoms with Crippen molar-refractivity contribution in [2.75, 3.05) is 13.1 Å². The molecule has 1 atom stereocenters. The molecule has 0 spiro atoms. The average Bonchev–Trinajstić information content (AvgIpc) is 3.18. The van der Waals surface area contributed by atoms with Gasteiger partial charge < -0.3 is 4.90 Å². The quantitative estimate of drug-likeness (QED) is 0.434. The molecule has 1 unspecified atom stereocenters. The van der Waals surface area contributed by atoms with Gasteiger partial charge >= 0.3 is 12.4 Å². The zero-order valence-corrected chi connectivity index (χ0v) is 20.7. The minimum absolute atomic E-state index is 0.0284. The van der Waals surface area contributed by atoms with Gasteiger partial charge in [0.2, 0.25) is 11.8 Å². The highest BCUT2D eigenvalue weighted by atomic mass is 19.4. The van der Waals surface area contributed by atoms with Crippen molar-refractivity contribution in [3.63, 3.8) is 0 Å². The van der Waals surface area contributed by atoms with E-state index in [-0.39, 0.29) is 55.3 Å². The largest absolute Gasteiger partial charge is 0.416 e. The molecule has 0 bridgehead atoms. The number of hydrogen-bond donors (Lipinski definition) is 1. The van der Waals surface area contributed by atoms with Crippen LogP contribution in [0.25, 0.3) is 0 Å². The van der Waals surface area contributed by atoms with E-state index in [1.54, 1.807) is 6.07 Å². The lowest BCUT2D eigenvalue weighted by molar-refractivity contribution is -0.143. The summed E-state index contributed by atoms with van der Waals surface area (Å²) in [5.41, 5.74) is -0.397. The maximum Gasteiger partial charge on any atom is 0.416 e. The SMILES string of the molecule is O=C1CCC(N2Cc3cc(C4CCN(Cc5cc(C(F)(F)F)cc(C(F)(F)F)c5)CC4)ccc3C2=O)C(=O)N1. The van der Waals surface area contributed by atoms with Gasteiger partial charge in [0.1, 0.15) is 6.04 Å². The highest BCUT2D eigenvalue weighted by Crippen LogP contribution is 2.38. The first-order valence-electron chi connectivity index (χ1n) is 12.6. The van der Waals surface area contributed by atoms with Gasteiger partial charge in [-0.05, 0) is 79.2 Å². The molecule has 6 nitrogen and oxygen atoms in total. The van der Waals surface area contributed by atoms with Crippen molar-refractivity contribution in [3.8, 4) is 0 Å². The summed E-state index contributed by atoms with van der Waals surface area (Å²) in [4.78, 5) is 39.9. The molecule has 0 radical (unpaired) electrons. The Labute approximate surface area is 219 Å². The van der Waals surface area contributed by atoms with E-state index in [0.29, 0.717) is 31.5 Å². The van der Waals surface area contributed by atoms with Crippen LogP contribution in [0.15, 0.2) is 36.4 Å². The molecule has 2 aromatic rings. The summed E-state index contributed by atoms with van der Waals surface area (Å²) in [6, 6.07) is 6.49. The molecule has 5 rings (SSSR count). The van der Waals surface area contributed by atoms with Gasteiger partial charge in [-0.2, -0.15) is 26.3 Å². The van der Waals surface area contributed by atoms with Crippen LogP contribution < -0.4 is 5.32 Å². The molecule has 3 aliphatic heterocycles. The monoisotopic (exact) mass is 553 g/mol. The third-order valence-electron chi connectivity index (χ3n) is 7.66. The number of fused-ring (bicyclic) bond motifs is 1. The number of piperidine rings is 2. The van der Waals surface area contributed by atoms with Crippen LogP contribution in [0.3, 0.4) is 0 Å². The topological polar surface area (TPSA) is 69.7 Å². The van der Waals surface area contributed by atoms with Crippen LogP contribution in [0, 0.1) is 0 Å². The van der Waals surface area contributed by atoms with Crippen molar-refractivity contribution >= 4 is 17.7 Å². The molecule has 2 aromatic carbocycles. The standard InChI is InChI=1S/C27H25F6N3O3/c28-26(29,30)19-9-15(10-20(12-19)27(31,32)33)13-35-7-5-16(6-8-35)17-1-2-21-18(11-17)14-36(25(21)39)22-3-4-23(37)34-24(22)38/h1-2,9-12,16,22H,3-8,13-14H2,(H,34,37,38). The Balaban J connectivity index is 1.24. The molecule has 12 heteroatoms. The second kappa shape index (κ2) is 9.96. The van der Waals surface area contributed by atoms with E-state index in [2.05, 4.69) is 5.32 Å². The molecule has 1 N–H and O–H groups in total. The van der Waals surface area contributed by atoms with Gasteiger partial charge in [0.05, 0.1) is 11.1 Å². The minimum atomic E-state index is -4.88. The van der Waals surface area contributed by atoms with Crippen molar-refractivity contribution in [3.05, 3.63) is 69.8 Å².